The zero-order chi connectivity index (χ0) is 15.2. The molecule has 0 fully saturated rings. The zero-order valence-electron chi connectivity index (χ0n) is 10.9. The summed E-state index contributed by atoms with van der Waals surface area (Å²) in [6.45, 7) is 1.55. The predicted octanol–water partition coefficient (Wildman–Crippen LogP) is 2.65. The Morgan fingerprint density at radius 1 is 1.30 bits per heavy atom. The maximum Gasteiger partial charge on any atom is 0.239 e. The smallest absolute Gasteiger partial charge is 0.239 e. The van der Waals surface area contributed by atoms with Crippen molar-refractivity contribution >= 4 is 44.8 Å². The maximum atomic E-state index is 11.7. The summed E-state index contributed by atoms with van der Waals surface area (Å²) in [6, 6.07) is 4.63. The number of rotatable bonds is 7. The number of carbonyl (C=O) groups is 1. The van der Waals surface area contributed by atoms with Crippen LogP contribution in [0.5, 0.6) is 0 Å². The lowest BCUT2D eigenvalue weighted by atomic mass is 10.3. The van der Waals surface area contributed by atoms with Crippen molar-refractivity contribution in [3.8, 4) is 0 Å². The molecule has 112 valence electrons. The van der Waals surface area contributed by atoms with Crippen molar-refractivity contribution in [1.29, 1.82) is 0 Å². The fraction of sp³-hybridized carbons (Fsp3) is 0.417. The minimum absolute atomic E-state index is 0.00863. The molecule has 0 saturated carbocycles. The van der Waals surface area contributed by atoms with Crippen molar-refractivity contribution in [2.45, 2.75) is 19.8 Å². The summed E-state index contributed by atoms with van der Waals surface area (Å²) in [5.74, 6) is -0.497. The average Bonchev–Trinajstić information content (AvgIpc) is 2.39. The highest BCUT2D eigenvalue weighted by Gasteiger charge is 2.12. The fourth-order valence-corrected chi connectivity index (χ4v) is 2.87. The second-order valence-corrected chi connectivity index (χ2v) is 6.94. The van der Waals surface area contributed by atoms with Gasteiger partial charge >= 0.3 is 0 Å². The van der Waals surface area contributed by atoms with Crippen molar-refractivity contribution in [2.24, 2.45) is 0 Å². The standard InChI is InChI=1S/C12H16Cl2N2O3S/c1-2-3-6-20(18,19)15-8-12(17)16-11-7-9(13)4-5-10(11)14/h4-5,7,15H,2-3,6,8H2,1H3,(H,16,17). The Morgan fingerprint density at radius 3 is 2.65 bits per heavy atom. The number of sulfonamides is 1. The molecule has 0 saturated heterocycles. The molecule has 2 N–H and O–H groups in total. The van der Waals surface area contributed by atoms with Gasteiger partial charge in [-0.2, -0.15) is 0 Å². The monoisotopic (exact) mass is 338 g/mol. The number of carbonyl (C=O) groups excluding carboxylic acids is 1. The molecule has 0 atom stereocenters. The first-order valence-electron chi connectivity index (χ1n) is 6.06. The van der Waals surface area contributed by atoms with Crippen LogP contribution in [-0.2, 0) is 14.8 Å². The second kappa shape index (κ2) is 7.83. The Labute approximate surface area is 128 Å². The summed E-state index contributed by atoms with van der Waals surface area (Å²) < 4.78 is 25.3. The van der Waals surface area contributed by atoms with Crippen molar-refractivity contribution in [2.75, 3.05) is 17.6 Å². The van der Waals surface area contributed by atoms with E-state index in [1.807, 2.05) is 6.92 Å². The molecule has 0 aliphatic rings. The van der Waals surface area contributed by atoms with Gasteiger partial charge in [-0.05, 0) is 24.6 Å². The fourth-order valence-electron chi connectivity index (χ4n) is 1.37. The molecule has 1 rings (SSSR count). The predicted molar refractivity (Wildman–Crippen MR) is 81.8 cm³/mol. The third-order valence-electron chi connectivity index (χ3n) is 2.42. The Kier molecular flexibility index (Phi) is 6.75. The Morgan fingerprint density at radius 2 is 2.00 bits per heavy atom. The van der Waals surface area contributed by atoms with Crippen LogP contribution in [0.3, 0.4) is 0 Å². The van der Waals surface area contributed by atoms with E-state index in [-0.39, 0.29) is 12.3 Å². The number of anilines is 1. The molecule has 1 aromatic carbocycles. The molecular weight excluding hydrogens is 323 g/mol. The second-order valence-electron chi connectivity index (χ2n) is 4.17. The third-order valence-corrected chi connectivity index (χ3v) is 4.40. The lowest BCUT2D eigenvalue weighted by Gasteiger charge is -2.09. The summed E-state index contributed by atoms with van der Waals surface area (Å²) >= 11 is 11.7. The van der Waals surface area contributed by atoms with Crippen molar-refractivity contribution in [1.82, 2.24) is 4.72 Å². The van der Waals surface area contributed by atoms with Gasteiger partial charge in [0.1, 0.15) is 0 Å². The van der Waals surface area contributed by atoms with Gasteiger partial charge in [0.05, 0.1) is 23.0 Å². The number of unbranched alkanes of at least 4 members (excludes halogenated alkanes) is 1. The van der Waals surface area contributed by atoms with E-state index in [4.69, 9.17) is 23.2 Å². The first-order valence-corrected chi connectivity index (χ1v) is 8.47. The topological polar surface area (TPSA) is 75.3 Å². The third kappa shape index (κ3) is 6.09. The van der Waals surface area contributed by atoms with Gasteiger partial charge in [0.2, 0.25) is 15.9 Å². The average molecular weight is 339 g/mol. The molecule has 0 heterocycles. The molecule has 0 bridgehead atoms. The first kappa shape index (κ1) is 17.2. The van der Waals surface area contributed by atoms with Crippen molar-refractivity contribution in [3.05, 3.63) is 28.2 Å². The molecule has 1 aromatic rings. The van der Waals surface area contributed by atoms with E-state index in [0.29, 0.717) is 22.2 Å². The van der Waals surface area contributed by atoms with E-state index < -0.39 is 15.9 Å². The van der Waals surface area contributed by atoms with Crippen LogP contribution in [0.2, 0.25) is 10.0 Å². The highest BCUT2D eigenvalue weighted by atomic mass is 35.5. The van der Waals surface area contributed by atoms with Gasteiger partial charge in [0.25, 0.3) is 0 Å². The van der Waals surface area contributed by atoms with Crippen LogP contribution in [0.1, 0.15) is 19.8 Å². The molecule has 5 nitrogen and oxygen atoms in total. The molecule has 8 heteroatoms. The van der Waals surface area contributed by atoms with E-state index in [0.717, 1.165) is 6.42 Å². The van der Waals surface area contributed by atoms with E-state index >= 15 is 0 Å². The van der Waals surface area contributed by atoms with Gasteiger partial charge in [0.15, 0.2) is 0 Å². The SMILES string of the molecule is CCCCS(=O)(=O)NCC(=O)Nc1cc(Cl)ccc1Cl. The molecule has 0 radical (unpaired) electrons. The number of hydrogen-bond acceptors (Lipinski definition) is 3. The summed E-state index contributed by atoms with van der Waals surface area (Å²) in [4.78, 5) is 11.7. The normalized spacial score (nSPS) is 11.3. The number of amides is 1. The Balaban J connectivity index is 2.54. The van der Waals surface area contributed by atoms with Gasteiger partial charge in [-0.25, -0.2) is 13.1 Å². The van der Waals surface area contributed by atoms with E-state index in [9.17, 15) is 13.2 Å². The number of hydrogen-bond donors (Lipinski definition) is 2. The maximum absolute atomic E-state index is 11.7. The Hall–Kier alpha value is -0.820. The van der Waals surface area contributed by atoms with Crippen molar-refractivity contribution in [3.63, 3.8) is 0 Å². The van der Waals surface area contributed by atoms with Crippen LogP contribution >= 0.6 is 23.2 Å². The lowest BCUT2D eigenvalue weighted by Crippen LogP contribution is -2.34. The van der Waals surface area contributed by atoms with Crippen LogP contribution in [-0.4, -0.2) is 26.6 Å². The van der Waals surface area contributed by atoms with E-state index in [1.165, 1.54) is 6.07 Å². The highest BCUT2D eigenvalue weighted by Crippen LogP contribution is 2.25. The molecule has 0 aliphatic heterocycles. The molecular formula is C12H16Cl2N2O3S. The molecule has 0 aliphatic carbocycles. The van der Waals surface area contributed by atoms with E-state index in [2.05, 4.69) is 10.0 Å². The quantitative estimate of drug-likeness (QED) is 0.802. The summed E-state index contributed by atoms with van der Waals surface area (Å²) in [6.07, 6.45) is 1.32. The minimum atomic E-state index is -3.42. The summed E-state index contributed by atoms with van der Waals surface area (Å²) in [7, 11) is -3.42. The van der Waals surface area contributed by atoms with Gasteiger partial charge in [-0.1, -0.05) is 36.5 Å². The number of benzene rings is 1. The Bertz CT molecular complexity index is 576. The van der Waals surface area contributed by atoms with Crippen molar-refractivity contribution < 1.29 is 13.2 Å². The molecule has 0 unspecified atom stereocenters. The van der Waals surface area contributed by atoms with Crippen LogP contribution < -0.4 is 10.0 Å². The summed E-state index contributed by atoms with van der Waals surface area (Å²) in [5.41, 5.74) is 0.344. The summed E-state index contributed by atoms with van der Waals surface area (Å²) in [5, 5.41) is 3.25. The number of halogens is 2. The molecule has 20 heavy (non-hydrogen) atoms. The molecule has 0 aromatic heterocycles. The lowest BCUT2D eigenvalue weighted by molar-refractivity contribution is -0.115. The molecule has 1 amide bonds. The zero-order valence-corrected chi connectivity index (χ0v) is 13.3. The van der Waals surface area contributed by atoms with Gasteiger partial charge in [-0.3, -0.25) is 4.79 Å². The minimum Gasteiger partial charge on any atom is -0.324 e. The van der Waals surface area contributed by atoms with Crippen LogP contribution in [0.25, 0.3) is 0 Å². The highest BCUT2D eigenvalue weighted by molar-refractivity contribution is 7.89. The van der Waals surface area contributed by atoms with E-state index in [1.54, 1.807) is 12.1 Å². The van der Waals surface area contributed by atoms with Gasteiger partial charge in [0, 0.05) is 5.02 Å². The first-order chi connectivity index (χ1) is 9.34. The molecule has 0 spiro atoms. The van der Waals surface area contributed by atoms with Crippen LogP contribution in [0.15, 0.2) is 18.2 Å². The van der Waals surface area contributed by atoms with Gasteiger partial charge in [-0.15, -0.1) is 0 Å². The van der Waals surface area contributed by atoms with Crippen LogP contribution in [0, 0.1) is 0 Å². The number of nitrogens with one attached hydrogen (secondary N) is 2. The van der Waals surface area contributed by atoms with Gasteiger partial charge < -0.3 is 5.32 Å². The largest absolute Gasteiger partial charge is 0.324 e. The van der Waals surface area contributed by atoms with Crippen LogP contribution in [0.4, 0.5) is 5.69 Å².